The van der Waals surface area contributed by atoms with Gasteiger partial charge in [-0.05, 0) is 6.07 Å². The van der Waals surface area contributed by atoms with Crippen LogP contribution in [0.1, 0.15) is 22.3 Å². The number of carbonyl (C=O) groups is 1. The fourth-order valence-corrected chi connectivity index (χ4v) is 1.39. The lowest BCUT2D eigenvalue weighted by molar-refractivity contribution is 0.0587. The number of hydrogen-bond donors (Lipinski definition) is 0. The van der Waals surface area contributed by atoms with Crippen LogP contribution in [0, 0.1) is 0 Å². The van der Waals surface area contributed by atoms with E-state index in [0.29, 0.717) is 0 Å². The molecule has 0 spiro atoms. The number of benzene rings is 1. The fraction of sp³-hybridized carbons (Fsp3) is 0.364. The Kier molecular flexibility index (Phi) is 4.25. The van der Waals surface area contributed by atoms with Crippen LogP contribution in [0.3, 0.4) is 0 Å². The van der Waals surface area contributed by atoms with Gasteiger partial charge in [0, 0.05) is 6.07 Å². The zero-order valence-electron chi connectivity index (χ0n) is 9.62. The molecule has 1 aromatic carbocycles. The summed E-state index contributed by atoms with van der Waals surface area (Å²) in [6.45, 7) is 0. The molecule has 0 aliphatic carbocycles. The van der Waals surface area contributed by atoms with E-state index >= 15 is 0 Å². The predicted molar refractivity (Wildman–Crippen MR) is 55.8 cm³/mol. The molecule has 0 unspecified atom stereocenters. The first kappa shape index (κ1) is 13.2. The highest BCUT2D eigenvalue weighted by Gasteiger charge is 2.25. The summed E-state index contributed by atoms with van der Waals surface area (Å²) in [7, 11) is 3.71. The molecule has 0 amide bonds. The monoisotopic (exact) mass is 246 g/mol. The topological polar surface area (TPSA) is 44.8 Å². The zero-order valence-corrected chi connectivity index (χ0v) is 9.62. The van der Waals surface area contributed by atoms with Crippen molar-refractivity contribution in [3.8, 4) is 11.5 Å². The number of ether oxygens (including phenoxy) is 3. The van der Waals surface area contributed by atoms with Crippen molar-refractivity contribution in [2.75, 3.05) is 21.3 Å². The molecule has 0 bridgehead atoms. The number of methoxy groups -OCH3 is 3. The third-order valence-electron chi connectivity index (χ3n) is 2.19. The van der Waals surface area contributed by atoms with Crippen molar-refractivity contribution in [1.82, 2.24) is 0 Å². The second-order valence-electron chi connectivity index (χ2n) is 3.08. The minimum Gasteiger partial charge on any atom is -0.497 e. The standard InChI is InChI=1S/C11H12F2O4/c1-15-6-4-7(11(14)17-3)9(10(12)13)8(5-6)16-2/h4-5,10H,1-3H3. The maximum absolute atomic E-state index is 12.9. The van der Waals surface area contributed by atoms with Gasteiger partial charge in [0.25, 0.3) is 6.43 Å². The van der Waals surface area contributed by atoms with Gasteiger partial charge in [-0.15, -0.1) is 0 Å². The minimum atomic E-state index is -2.84. The van der Waals surface area contributed by atoms with Crippen molar-refractivity contribution in [2.45, 2.75) is 6.43 Å². The van der Waals surface area contributed by atoms with Gasteiger partial charge in [0.15, 0.2) is 0 Å². The smallest absolute Gasteiger partial charge is 0.338 e. The molecule has 0 aliphatic heterocycles. The van der Waals surface area contributed by atoms with Gasteiger partial charge >= 0.3 is 5.97 Å². The molecule has 0 N–H and O–H groups in total. The van der Waals surface area contributed by atoms with Crippen molar-refractivity contribution in [1.29, 1.82) is 0 Å². The second-order valence-corrected chi connectivity index (χ2v) is 3.08. The highest BCUT2D eigenvalue weighted by Crippen LogP contribution is 2.36. The Bertz CT molecular complexity index is 418. The minimum absolute atomic E-state index is 0.111. The molecule has 6 heteroatoms. The summed E-state index contributed by atoms with van der Waals surface area (Å²) >= 11 is 0. The number of carbonyl (C=O) groups excluding carboxylic acids is 1. The normalized spacial score (nSPS) is 10.2. The summed E-state index contributed by atoms with van der Waals surface area (Å²) in [4.78, 5) is 11.4. The van der Waals surface area contributed by atoms with E-state index in [4.69, 9.17) is 9.47 Å². The molecule has 0 saturated heterocycles. The molecule has 1 rings (SSSR count). The van der Waals surface area contributed by atoms with E-state index in [9.17, 15) is 13.6 Å². The van der Waals surface area contributed by atoms with Gasteiger partial charge in [-0.3, -0.25) is 0 Å². The third kappa shape index (κ3) is 2.64. The van der Waals surface area contributed by atoms with Crippen LogP contribution in [-0.2, 0) is 4.74 Å². The van der Waals surface area contributed by atoms with Crippen LogP contribution in [0.15, 0.2) is 12.1 Å². The van der Waals surface area contributed by atoms with Crippen LogP contribution in [0.2, 0.25) is 0 Å². The summed E-state index contributed by atoms with van der Waals surface area (Å²) < 4.78 is 39.9. The average molecular weight is 246 g/mol. The first-order valence-electron chi connectivity index (χ1n) is 4.67. The molecule has 4 nitrogen and oxygen atoms in total. The molecule has 0 saturated carbocycles. The van der Waals surface area contributed by atoms with Gasteiger partial charge < -0.3 is 14.2 Å². The Morgan fingerprint density at radius 1 is 1.18 bits per heavy atom. The molecule has 0 fully saturated rings. The van der Waals surface area contributed by atoms with Crippen molar-refractivity contribution in [3.63, 3.8) is 0 Å². The summed E-state index contributed by atoms with van der Waals surface area (Å²) in [6, 6.07) is 2.48. The van der Waals surface area contributed by atoms with Crippen LogP contribution < -0.4 is 9.47 Å². The summed E-state index contributed by atoms with van der Waals surface area (Å²) in [5, 5.41) is 0. The van der Waals surface area contributed by atoms with E-state index in [-0.39, 0.29) is 17.1 Å². The molecule has 17 heavy (non-hydrogen) atoms. The van der Waals surface area contributed by atoms with Crippen molar-refractivity contribution in [3.05, 3.63) is 23.3 Å². The largest absolute Gasteiger partial charge is 0.497 e. The summed E-state index contributed by atoms with van der Waals surface area (Å²) in [5.74, 6) is -0.732. The quantitative estimate of drug-likeness (QED) is 0.765. The first-order valence-corrected chi connectivity index (χ1v) is 4.67. The predicted octanol–water partition coefficient (Wildman–Crippen LogP) is 2.43. The van der Waals surface area contributed by atoms with Gasteiger partial charge in [0.1, 0.15) is 11.5 Å². The lowest BCUT2D eigenvalue weighted by Crippen LogP contribution is -2.08. The van der Waals surface area contributed by atoms with Crippen LogP contribution >= 0.6 is 0 Å². The molecule has 0 aliphatic rings. The SMILES string of the molecule is COC(=O)c1cc(OC)cc(OC)c1C(F)F. The molecule has 0 heterocycles. The van der Waals surface area contributed by atoms with Crippen molar-refractivity contribution in [2.24, 2.45) is 0 Å². The first-order chi connectivity index (χ1) is 8.04. The molecule has 0 radical (unpaired) electrons. The van der Waals surface area contributed by atoms with Gasteiger partial charge in [0.2, 0.25) is 0 Å². The van der Waals surface area contributed by atoms with Gasteiger partial charge in [-0.25, -0.2) is 13.6 Å². The van der Waals surface area contributed by atoms with Crippen LogP contribution in [0.25, 0.3) is 0 Å². The Hall–Kier alpha value is -1.85. The molecule has 1 aromatic rings. The lowest BCUT2D eigenvalue weighted by atomic mass is 10.1. The zero-order chi connectivity index (χ0) is 13.0. The number of rotatable bonds is 4. The van der Waals surface area contributed by atoms with Crippen LogP contribution in [0.4, 0.5) is 8.78 Å². The fourth-order valence-electron chi connectivity index (χ4n) is 1.39. The molecule has 0 atom stereocenters. The number of hydrogen-bond acceptors (Lipinski definition) is 4. The van der Waals surface area contributed by atoms with E-state index < -0.39 is 18.0 Å². The molecular formula is C11H12F2O4. The molecule has 94 valence electrons. The van der Waals surface area contributed by atoms with E-state index in [1.54, 1.807) is 0 Å². The van der Waals surface area contributed by atoms with Gasteiger partial charge in [-0.1, -0.05) is 0 Å². The summed E-state index contributed by atoms with van der Waals surface area (Å²) in [6.07, 6.45) is -2.84. The van der Waals surface area contributed by atoms with Crippen molar-refractivity contribution >= 4 is 5.97 Å². The van der Waals surface area contributed by atoms with Crippen LogP contribution in [0.5, 0.6) is 11.5 Å². The highest BCUT2D eigenvalue weighted by molar-refractivity contribution is 5.92. The Balaban J connectivity index is 3.46. The molecular weight excluding hydrogens is 234 g/mol. The maximum Gasteiger partial charge on any atom is 0.338 e. The number of halogens is 2. The summed E-state index contributed by atoms with van der Waals surface area (Å²) in [5.41, 5.74) is -0.765. The highest BCUT2D eigenvalue weighted by atomic mass is 19.3. The molecule has 0 aromatic heterocycles. The third-order valence-corrected chi connectivity index (χ3v) is 2.19. The van der Waals surface area contributed by atoms with E-state index in [1.165, 1.54) is 26.4 Å². The van der Waals surface area contributed by atoms with E-state index in [2.05, 4.69) is 4.74 Å². The van der Waals surface area contributed by atoms with E-state index in [0.717, 1.165) is 7.11 Å². The van der Waals surface area contributed by atoms with Crippen molar-refractivity contribution < 1.29 is 27.8 Å². The Morgan fingerprint density at radius 2 is 1.82 bits per heavy atom. The maximum atomic E-state index is 12.9. The van der Waals surface area contributed by atoms with Gasteiger partial charge in [0.05, 0.1) is 32.5 Å². The van der Waals surface area contributed by atoms with Gasteiger partial charge in [-0.2, -0.15) is 0 Å². The number of esters is 1. The van der Waals surface area contributed by atoms with Crippen LogP contribution in [-0.4, -0.2) is 27.3 Å². The van der Waals surface area contributed by atoms with E-state index in [1.807, 2.05) is 0 Å². The Labute approximate surface area is 97.1 Å². The lowest BCUT2D eigenvalue weighted by Gasteiger charge is -2.13. The second kappa shape index (κ2) is 5.47. The number of alkyl halides is 2. The Morgan fingerprint density at radius 3 is 2.24 bits per heavy atom. The average Bonchev–Trinajstić information content (AvgIpc) is 2.35.